The molecular weight excluding hydrogens is 628 g/mol. The minimum atomic E-state index is -0.373. The van der Waals surface area contributed by atoms with Crippen LogP contribution >= 0.6 is 15.9 Å². The smallest absolute Gasteiger partial charge is 0.282 e. The van der Waals surface area contributed by atoms with Gasteiger partial charge < -0.3 is 23.9 Å². The van der Waals surface area contributed by atoms with E-state index >= 15 is 0 Å². The minimum absolute atomic E-state index is 0.218. The van der Waals surface area contributed by atoms with E-state index in [9.17, 15) is 9.59 Å². The second-order valence-corrected chi connectivity index (χ2v) is 10.4. The molecule has 10 nitrogen and oxygen atoms in total. The van der Waals surface area contributed by atoms with E-state index in [4.69, 9.17) is 23.6 Å². The number of halogens is 1. The molecule has 4 aromatic carbocycles. The molecule has 220 valence electrons. The molecule has 0 aliphatic carbocycles. The van der Waals surface area contributed by atoms with Crippen molar-refractivity contribution in [2.75, 3.05) is 26.1 Å². The zero-order chi connectivity index (χ0) is 30.6. The lowest BCUT2D eigenvalue weighted by Crippen LogP contribution is -2.20. The van der Waals surface area contributed by atoms with Gasteiger partial charge in [0.2, 0.25) is 5.82 Å². The van der Waals surface area contributed by atoms with Crippen molar-refractivity contribution in [2.45, 2.75) is 0 Å². The molecular formula is C33H25BrN4O6. The summed E-state index contributed by atoms with van der Waals surface area (Å²) in [7, 11) is 3.07. The maximum absolute atomic E-state index is 13.7. The predicted molar refractivity (Wildman–Crippen MR) is 172 cm³/mol. The lowest BCUT2D eigenvalue weighted by Gasteiger charge is -2.13. The lowest BCUT2D eigenvalue weighted by molar-refractivity contribution is -0.118. The number of hydrogen-bond acceptors (Lipinski definition) is 8. The number of fused-ring (bicyclic) bond motifs is 2. The van der Waals surface area contributed by atoms with E-state index in [0.717, 1.165) is 5.39 Å². The Balaban J connectivity index is 1.34. The number of rotatable bonds is 9. The first-order chi connectivity index (χ1) is 21.4. The van der Waals surface area contributed by atoms with Crippen LogP contribution in [0.5, 0.6) is 17.2 Å². The van der Waals surface area contributed by atoms with Gasteiger partial charge in [0.1, 0.15) is 11.3 Å². The number of furan rings is 1. The number of nitrogens with zero attached hydrogens (tertiary/aromatic N) is 3. The standard InChI is InChI=1S/C33H25BrN4O6/c1-41-26-13-8-14-27-23(26)16-30(44-27)32-37-25-12-7-6-11-22(25)33(40)38(32)35-18-20-15-28(42-2)29(17-24(20)34)43-19-31(39)36-21-9-4-3-5-10-21/h3-18H,19H2,1-2H3,(H,36,39). The Morgan fingerprint density at radius 3 is 2.50 bits per heavy atom. The quantitative estimate of drug-likeness (QED) is 0.177. The van der Waals surface area contributed by atoms with Crippen LogP contribution in [-0.4, -0.2) is 42.6 Å². The molecule has 0 saturated heterocycles. The van der Waals surface area contributed by atoms with E-state index in [1.807, 2.05) is 42.5 Å². The number of carbonyl (C=O) groups excluding carboxylic acids is 1. The molecule has 1 amide bonds. The molecule has 44 heavy (non-hydrogen) atoms. The maximum atomic E-state index is 13.7. The summed E-state index contributed by atoms with van der Waals surface area (Å²) in [5.41, 5.74) is 1.96. The van der Waals surface area contributed by atoms with Gasteiger partial charge in [-0.15, -0.1) is 0 Å². The number of benzene rings is 4. The average Bonchev–Trinajstić information content (AvgIpc) is 3.49. The normalized spacial score (nSPS) is 11.2. The molecule has 1 N–H and O–H groups in total. The number of hydrogen-bond donors (Lipinski definition) is 1. The van der Waals surface area contributed by atoms with Gasteiger partial charge >= 0.3 is 0 Å². The van der Waals surface area contributed by atoms with Gasteiger partial charge in [0.05, 0.1) is 36.7 Å². The van der Waals surface area contributed by atoms with Gasteiger partial charge in [-0.05, 0) is 70.5 Å². The number of aromatic nitrogens is 2. The number of amides is 1. The van der Waals surface area contributed by atoms with Crippen LogP contribution in [-0.2, 0) is 4.79 Å². The van der Waals surface area contributed by atoms with Crippen molar-refractivity contribution in [3.63, 3.8) is 0 Å². The number of nitrogens with one attached hydrogen (secondary N) is 1. The molecule has 0 atom stereocenters. The lowest BCUT2D eigenvalue weighted by atomic mass is 10.2. The van der Waals surface area contributed by atoms with Gasteiger partial charge in [0.25, 0.3) is 11.5 Å². The van der Waals surface area contributed by atoms with Gasteiger partial charge in [-0.25, -0.2) is 4.98 Å². The van der Waals surface area contributed by atoms with Gasteiger partial charge in [-0.3, -0.25) is 9.59 Å². The number of carbonyl (C=O) groups is 1. The predicted octanol–water partition coefficient (Wildman–Crippen LogP) is 6.49. The number of para-hydroxylation sites is 2. The van der Waals surface area contributed by atoms with Crippen LogP contribution in [0, 0.1) is 0 Å². The highest BCUT2D eigenvalue weighted by molar-refractivity contribution is 9.10. The highest BCUT2D eigenvalue weighted by Crippen LogP contribution is 2.34. The Labute approximate surface area is 259 Å². The summed E-state index contributed by atoms with van der Waals surface area (Å²) < 4.78 is 24.7. The monoisotopic (exact) mass is 652 g/mol. The molecule has 0 aliphatic heterocycles. The van der Waals surface area contributed by atoms with E-state index in [-0.39, 0.29) is 23.9 Å². The fourth-order valence-corrected chi connectivity index (χ4v) is 5.04. The highest BCUT2D eigenvalue weighted by atomic mass is 79.9. The zero-order valence-corrected chi connectivity index (χ0v) is 25.2. The minimum Gasteiger partial charge on any atom is -0.496 e. The van der Waals surface area contributed by atoms with Crippen LogP contribution in [0.2, 0.25) is 0 Å². The van der Waals surface area contributed by atoms with Gasteiger partial charge in [0, 0.05) is 15.7 Å². The molecule has 0 saturated carbocycles. The molecule has 0 radical (unpaired) electrons. The Morgan fingerprint density at radius 2 is 1.70 bits per heavy atom. The highest BCUT2D eigenvalue weighted by Gasteiger charge is 2.18. The average molecular weight is 653 g/mol. The third-order valence-corrected chi connectivity index (χ3v) is 7.41. The summed E-state index contributed by atoms with van der Waals surface area (Å²) >= 11 is 3.54. The summed E-state index contributed by atoms with van der Waals surface area (Å²) in [6.07, 6.45) is 1.50. The van der Waals surface area contributed by atoms with Crippen LogP contribution < -0.4 is 25.1 Å². The van der Waals surface area contributed by atoms with Gasteiger partial charge in [-0.2, -0.15) is 9.78 Å². The molecule has 11 heteroatoms. The third kappa shape index (κ3) is 5.77. The molecule has 0 bridgehead atoms. The summed E-state index contributed by atoms with van der Waals surface area (Å²) in [4.78, 5) is 30.8. The van der Waals surface area contributed by atoms with E-state index in [0.29, 0.717) is 55.2 Å². The molecule has 0 fully saturated rings. The molecule has 0 aliphatic rings. The third-order valence-electron chi connectivity index (χ3n) is 6.73. The molecule has 2 heterocycles. The van der Waals surface area contributed by atoms with Crippen molar-refractivity contribution in [3.8, 4) is 28.8 Å². The Bertz CT molecular complexity index is 2090. The first-order valence-electron chi connectivity index (χ1n) is 13.4. The van der Waals surface area contributed by atoms with Crippen LogP contribution in [0.4, 0.5) is 5.69 Å². The Hall–Kier alpha value is -5.42. The Kier molecular flexibility index (Phi) is 8.11. The number of anilines is 1. The number of ether oxygens (including phenoxy) is 3. The molecule has 6 aromatic rings. The summed E-state index contributed by atoms with van der Waals surface area (Å²) in [6, 6.07) is 26.7. The molecule has 0 spiro atoms. The topological polar surface area (TPSA) is 117 Å². The second kappa shape index (κ2) is 12.4. The molecule has 2 aromatic heterocycles. The fourth-order valence-electron chi connectivity index (χ4n) is 4.62. The zero-order valence-electron chi connectivity index (χ0n) is 23.6. The van der Waals surface area contributed by atoms with Crippen molar-refractivity contribution >= 4 is 55.6 Å². The van der Waals surface area contributed by atoms with E-state index in [1.54, 1.807) is 55.6 Å². The van der Waals surface area contributed by atoms with Crippen LogP contribution in [0.15, 0.2) is 110 Å². The van der Waals surface area contributed by atoms with Crippen molar-refractivity contribution in [1.29, 1.82) is 0 Å². The van der Waals surface area contributed by atoms with Crippen molar-refractivity contribution in [1.82, 2.24) is 9.66 Å². The first-order valence-corrected chi connectivity index (χ1v) is 14.2. The van der Waals surface area contributed by atoms with Crippen molar-refractivity contribution in [3.05, 3.63) is 111 Å². The summed E-state index contributed by atoms with van der Waals surface area (Å²) in [5.74, 6) is 1.59. The molecule has 0 unspecified atom stereocenters. The molecule has 6 rings (SSSR count). The number of methoxy groups -OCH3 is 2. The van der Waals surface area contributed by atoms with E-state index in [2.05, 4.69) is 26.3 Å². The Morgan fingerprint density at radius 1 is 0.932 bits per heavy atom. The van der Waals surface area contributed by atoms with Gasteiger partial charge in [0.15, 0.2) is 23.9 Å². The second-order valence-electron chi connectivity index (χ2n) is 9.52. The van der Waals surface area contributed by atoms with Crippen molar-refractivity contribution in [2.24, 2.45) is 5.10 Å². The largest absolute Gasteiger partial charge is 0.496 e. The van der Waals surface area contributed by atoms with E-state index < -0.39 is 0 Å². The fraction of sp³-hybridized carbons (Fsp3) is 0.0909. The maximum Gasteiger partial charge on any atom is 0.282 e. The van der Waals surface area contributed by atoms with Crippen LogP contribution in [0.25, 0.3) is 33.5 Å². The van der Waals surface area contributed by atoms with Crippen LogP contribution in [0.3, 0.4) is 0 Å². The van der Waals surface area contributed by atoms with Gasteiger partial charge in [-0.1, -0.05) is 36.4 Å². The summed E-state index contributed by atoms with van der Waals surface area (Å²) in [6.45, 7) is -0.227. The summed E-state index contributed by atoms with van der Waals surface area (Å²) in [5, 5.41) is 8.45. The van der Waals surface area contributed by atoms with Crippen LogP contribution in [0.1, 0.15) is 5.56 Å². The van der Waals surface area contributed by atoms with E-state index in [1.165, 1.54) is 18.0 Å². The van der Waals surface area contributed by atoms with Crippen molar-refractivity contribution < 1.29 is 23.4 Å². The SMILES string of the molecule is COc1cc(C=Nn2c(-c3cc4c(OC)cccc4o3)nc3ccccc3c2=O)c(Br)cc1OCC(=O)Nc1ccccc1. The first kappa shape index (κ1) is 28.7.